The molecule has 0 aromatic heterocycles. The molecule has 2 aromatic carbocycles. The second-order valence-corrected chi connectivity index (χ2v) is 6.13. The molecule has 0 bridgehead atoms. The molecule has 1 amide bonds. The van der Waals surface area contributed by atoms with Gasteiger partial charge in [-0.2, -0.15) is 0 Å². The van der Waals surface area contributed by atoms with Crippen molar-refractivity contribution in [1.82, 2.24) is 5.32 Å². The number of esters is 1. The van der Waals surface area contributed by atoms with Crippen LogP contribution in [0.15, 0.2) is 42.5 Å². The van der Waals surface area contributed by atoms with E-state index in [4.69, 9.17) is 21.1 Å². The highest BCUT2D eigenvalue weighted by atomic mass is 35.5. The van der Waals surface area contributed by atoms with Crippen molar-refractivity contribution in [2.45, 2.75) is 6.42 Å². The number of carbonyl (C=O) groups is 2. The van der Waals surface area contributed by atoms with Crippen LogP contribution in [-0.2, 0) is 20.7 Å². The molecular formula is C19H18ClF2NO4. The minimum absolute atomic E-state index is 0.0173. The van der Waals surface area contributed by atoms with E-state index >= 15 is 0 Å². The van der Waals surface area contributed by atoms with Crippen molar-refractivity contribution < 1.29 is 27.8 Å². The van der Waals surface area contributed by atoms with Gasteiger partial charge in [-0.3, -0.25) is 9.59 Å². The van der Waals surface area contributed by atoms with Crippen LogP contribution in [0.4, 0.5) is 8.78 Å². The highest BCUT2D eigenvalue weighted by Gasteiger charge is 2.21. The Balaban J connectivity index is 1.88. The van der Waals surface area contributed by atoms with Crippen molar-refractivity contribution in [3.63, 3.8) is 0 Å². The second-order valence-electron chi connectivity index (χ2n) is 5.72. The molecule has 1 N–H and O–H groups in total. The average Bonchev–Trinajstić information content (AvgIpc) is 2.65. The molecule has 0 aliphatic carbocycles. The molecule has 5 nitrogen and oxygen atoms in total. The number of rotatable bonds is 8. The van der Waals surface area contributed by atoms with E-state index in [1.807, 2.05) is 0 Å². The minimum atomic E-state index is -0.640. The van der Waals surface area contributed by atoms with E-state index in [1.54, 1.807) is 12.1 Å². The van der Waals surface area contributed by atoms with Crippen LogP contribution < -0.4 is 10.1 Å². The molecule has 0 heterocycles. The molecule has 0 unspecified atom stereocenters. The molecule has 0 aliphatic heterocycles. The van der Waals surface area contributed by atoms with Crippen LogP contribution in [-0.4, -0.2) is 32.1 Å². The standard InChI is InChI=1S/C19H18ClF2NO4/c1-26-19(25)13(8-12-2-4-14(21)5-3-12)10-23-18(24)11-27-17-7-6-15(22)9-16(17)20/h2-7,9,13H,8,10-11H2,1H3,(H,23,24)/t13-/m0/s1. The van der Waals surface area contributed by atoms with E-state index in [-0.39, 0.29) is 36.2 Å². The van der Waals surface area contributed by atoms with E-state index in [9.17, 15) is 18.4 Å². The van der Waals surface area contributed by atoms with E-state index < -0.39 is 23.6 Å². The van der Waals surface area contributed by atoms with Gasteiger partial charge in [-0.25, -0.2) is 8.78 Å². The van der Waals surface area contributed by atoms with Crippen molar-refractivity contribution in [2.24, 2.45) is 5.92 Å². The fourth-order valence-corrected chi connectivity index (χ4v) is 2.56. The minimum Gasteiger partial charge on any atom is -0.482 e. The van der Waals surface area contributed by atoms with Crippen LogP contribution in [0.3, 0.4) is 0 Å². The monoisotopic (exact) mass is 397 g/mol. The Morgan fingerprint density at radius 1 is 1.11 bits per heavy atom. The average molecular weight is 398 g/mol. The summed E-state index contributed by atoms with van der Waals surface area (Å²) in [6, 6.07) is 9.27. The quantitative estimate of drug-likeness (QED) is 0.695. The first kappa shape index (κ1) is 20.6. The van der Waals surface area contributed by atoms with E-state index in [2.05, 4.69) is 5.32 Å². The molecule has 0 fully saturated rings. The van der Waals surface area contributed by atoms with Gasteiger partial charge in [0.05, 0.1) is 18.1 Å². The number of benzene rings is 2. The topological polar surface area (TPSA) is 64.6 Å². The summed E-state index contributed by atoms with van der Waals surface area (Å²) in [7, 11) is 1.25. The molecule has 0 spiro atoms. The molecule has 2 rings (SSSR count). The van der Waals surface area contributed by atoms with Gasteiger partial charge in [0, 0.05) is 6.54 Å². The second kappa shape index (κ2) is 9.87. The van der Waals surface area contributed by atoms with Gasteiger partial charge in [-0.05, 0) is 42.3 Å². The largest absolute Gasteiger partial charge is 0.482 e. The fraction of sp³-hybridized carbons (Fsp3) is 0.263. The van der Waals surface area contributed by atoms with Crippen LogP contribution in [0, 0.1) is 17.6 Å². The first-order valence-corrected chi connectivity index (χ1v) is 8.43. The highest BCUT2D eigenvalue weighted by molar-refractivity contribution is 6.32. The third kappa shape index (κ3) is 6.53. The summed E-state index contributed by atoms with van der Waals surface area (Å²) in [6.45, 7) is -0.334. The molecule has 0 aliphatic rings. The van der Waals surface area contributed by atoms with Gasteiger partial charge in [0.2, 0.25) is 0 Å². The van der Waals surface area contributed by atoms with Crippen LogP contribution in [0.25, 0.3) is 0 Å². The Kier molecular flexibility index (Phi) is 7.55. The van der Waals surface area contributed by atoms with Gasteiger partial charge < -0.3 is 14.8 Å². The fourth-order valence-electron chi connectivity index (χ4n) is 2.33. The molecule has 27 heavy (non-hydrogen) atoms. The third-order valence-electron chi connectivity index (χ3n) is 3.73. The van der Waals surface area contributed by atoms with Gasteiger partial charge in [-0.1, -0.05) is 23.7 Å². The molecular weight excluding hydrogens is 380 g/mol. The lowest BCUT2D eigenvalue weighted by Gasteiger charge is -2.16. The molecule has 2 aromatic rings. The van der Waals surface area contributed by atoms with E-state index in [1.165, 1.54) is 25.3 Å². The van der Waals surface area contributed by atoms with Crippen molar-refractivity contribution >= 4 is 23.5 Å². The van der Waals surface area contributed by atoms with Crippen LogP contribution in [0.5, 0.6) is 5.75 Å². The Labute approximate surface area is 160 Å². The summed E-state index contributed by atoms with van der Waals surface area (Å²) in [6.07, 6.45) is 0.276. The molecule has 144 valence electrons. The number of ether oxygens (including phenoxy) is 2. The van der Waals surface area contributed by atoms with Gasteiger partial charge >= 0.3 is 5.97 Å². The Hall–Kier alpha value is -2.67. The lowest BCUT2D eigenvalue weighted by molar-refractivity contribution is -0.145. The predicted octanol–water partition coefficient (Wildman–Crippen LogP) is 3.15. The summed E-state index contributed by atoms with van der Waals surface area (Å²) in [5.41, 5.74) is 0.732. The van der Waals surface area contributed by atoms with Crippen LogP contribution in [0.2, 0.25) is 5.02 Å². The van der Waals surface area contributed by atoms with Gasteiger partial charge in [0.1, 0.15) is 17.4 Å². The van der Waals surface area contributed by atoms with E-state index in [0.717, 1.165) is 17.7 Å². The van der Waals surface area contributed by atoms with E-state index in [0.29, 0.717) is 0 Å². The third-order valence-corrected chi connectivity index (χ3v) is 4.02. The zero-order valence-electron chi connectivity index (χ0n) is 14.5. The number of amides is 1. The van der Waals surface area contributed by atoms with Crippen LogP contribution in [0.1, 0.15) is 5.56 Å². The number of hydrogen-bond acceptors (Lipinski definition) is 4. The van der Waals surface area contributed by atoms with Gasteiger partial charge in [0.25, 0.3) is 5.91 Å². The summed E-state index contributed by atoms with van der Waals surface area (Å²) in [5.74, 6) is -2.34. The smallest absolute Gasteiger partial charge is 0.310 e. The zero-order valence-corrected chi connectivity index (χ0v) is 15.3. The Bertz CT molecular complexity index is 799. The first-order chi connectivity index (χ1) is 12.9. The number of carbonyl (C=O) groups excluding carboxylic acids is 2. The van der Waals surface area contributed by atoms with Crippen LogP contribution >= 0.6 is 11.6 Å². The van der Waals surface area contributed by atoms with Crippen molar-refractivity contribution in [2.75, 3.05) is 20.3 Å². The summed E-state index contributed by atoms with van der Waals surface area (Å²) in [4.78, 5) is 23.9. The van der Waals surface area contributed by atoms with Crippen molar-refractivity contribution in [3.05, 3.63) is 64.7 Å². The zero-order chi connectivity index (χ0) is 19.8. The van der Waals surface area contributed by atoms with Crippen molar-refractivity contribution in [3.8, 4) is 5.75 Å². The first-order valence-electron chi connectivity index (χ1n) is 8.06. The molecule has 0 saturated heterocycles. The lowest BCUT2D eigenvalue weighted by Crippen LogP contribution is -2.37. The Morgan fingerprint density at radius 3 is 2.41 bits per heavy atom. The predicted molar refractivity (Wildman–Crippen MR) is 95.5 cm³/mol. The Morgan fingerprint density at radius 2 is 1.78 bits per heavy atom. The normalized spacial score (nSPS) is 11.6. The number of hydrogen-bond donors (Lipinski definition) is 1. The molecule has 0 radical (unpaired) electrons. The number of methoxy groups -OCH3 is 1. The summed E-state index contributed by atoms with van der Waals surface area (Å²) < 4.78 is 36.0. The maximum Gasteiger partial charge on any atom is 0.310 e. The van der Waals surface area contributed by atoms with Gasteiger partial charge in [-0.15, -0.1) is 0 Å². The number of nitrogens with one attached hydrogen (secondary N) is 1. The summed E-state index contributed by atoms with van der Waals surface area (Å²) >= 11 is 5.82. The maximum atomic E-state index is 13.0. The lowest BCUT2D eigenvalue weighted by atomic mass is 9.99. The summed E-state index contributed by atoms with van der Waals surface area (Å²) in [5, 5.41) is 2.62. The SMILES string of the molecule is COC(=O)[C@H](CNC(=O)COc1ccc(F)cc1Cl)Cc1ccc(F)cc1. The molecule has 0 saturated carbocycles. The highest BCUT2D eigenvalue weighted by Crippen LogP contribution is 2.24. The molecule has 1 atom stereocenters. The van der Waals surface area contributed by atoms with Gasteiger partial charge in [0.15, 0.2) is 6.61 Å². The number of halogens is 3. The maximum absolute atomic E-state index is 13.0. The van der Waals surface area contributed by atoms with Crippen molar-refractivity contribution in [1.29, 1.82) is 0 Å². The molecule has 8 heteroatoms.